The van der Waals surface area contributed by atoms with Gasteiger partial charge in [-0.05, 0) is 37.0 Å². The van der Waals surface area contributed by atoms with E-state index >= 15 is 0 Å². The lowest BCUT2D eigenvalue weighted by atomic mass is 9.70. The summed E-state index contributed by atoms with van der Waals surface area (Å²) < 4.78 is 0. The van der Waals surface area contributed by atoms with E-state index in [0.29, 0.717) is 12.0 Å². The van der Waals surface area contributed by atoms with Crippen molar-refractivity contribution >= 4 is 5.91 Å². The van der Waals surface area contributed by atoms with Crippen molar-refractivity contribution in [2.75, 3.05) is 13.2 Å². The Morgan fingerprint density at radius 1 is 1.25 bits per heavy atom. The van der Waals surface area contributed by atoms with Crippen molar-refractivity contribution in [1.29, 1.82) is 0 Å². The van der Waals surface area contributed by atoms with Crippen LogP contribution in [0.15, 0.2) is 0 Å². The van der Waals surface area contributed by atoms with Crippen LogP contribution >= 0.6 is 0 Å². The van der Waals surface area contributed by atoms with E-state index in [1.165, 1.54) is 0 Å². The largest absolute Gasteiger partial charge is 0.395 e. The lowest BCUT2D eigenvalue weighted by Crippen LogP contribution is -2.36. The summed E-state index contributed by atoms with van der Waals surface area (Å²) in [4.78, 5) is 11.7. The van der Waals surface area contributed by atoms with E-state index in [2.05, 4.69) is 26.1 Å². The summed E-state index contributed by atoms with van der Waals surface area (Å²) in [6.45, 7) is 7.26. The lowest BCUT2D eigenvalue weighted by Gasteiger charge is -2.36. The van der Waals surface area contributed by atoms with Gasteiger partial charge >= 0.3 is 0 Å². The third-order valence-electron chi connectivity index (χ3n) is 3.73. The molecule has 3 nitrogen and oxygen atoms in total. The molecule has 1 amide bonds. The number of carbonyl (C=O) groups is 1. The Hall–Kier alpha value is -0.570. The number of nitrogens with one attached hydrogen (secondary N) is 1. The zero-order valence-corrected chi connectivity index (χ0v) is 10.8. The quantitative estimate of drug-likeness (QED) is 0.774. The Morgan fingerprint density at radius 3 is 2.25 bits per heavy atom. The van der Waals surface area contributed by atoms with E-state index in [4.69, 9.17) is 5.11 Å². The maximum atomic E-state index is 11.7. The van der Waals surface area contributed by atoms with Crippen LogP contribution in [0.25, 0.3) is 0 Å². The zero-order chi connectivity index (χ0) is 12.2. The molecule has 3 heteroatoms. The minimum absolute atomic E-state index is 0.0308. The molecular formula is C13H25NO2. The molecule has 0 spiro atoms. The van der Waals surface area contributed by atoms with Gasteiger partial charge in [-0.3, -0.25) is 4.79 Å². The molecule has 0 aromatic rings. The van der Waals surface area contributed by atoms with Gasteiger partial charge in [-0.2, -0.15) is 0 Å². The molecule has 1 aliphatic carbocycles. The summed E-state index contributed by atoms with van der Waals surface area (Å²) in [6, 6.07) is 0. The standard InChI is InChI=1S/C13H25NO2/c1-13(2,3)11-6-4-10(5-7-11)12(16)14-8-9-15/h10-11,15H,4-9H2,1-3H3,(H,14,16). The normalized spacial score (nSPS) is 26.5. The van der Waals surface area contributed by atoms with Gasteiger partial charge in [0.1, 0.15) is 0 Å². The highest BCUT2D eigenvalue weighted by Gasteiger charge is 2.32. The van der Waals surface area contributed by atoms with Crippen LogP contribution in [0.1, 0.15) is 46.5 Å². The first-order valence-electron chi connectivity index (χ1n) is 6.33. The SMILES string of the molecule is CC(C)(C)C1CCC(C(=O)NCCO)CC1. The fraction of sp³-hybridized carbons (Fsp3) is 0.923. The van der Waals surface area contributed by atoms with Crippen LogP contribution in [0.5, 0.6) is 0 Å². The summed E-state index contributed by atoms with van der Waals surface area (Å²) >= 11 is 0. The molecular weight excluding hydrogens is 202 g/mol. The van der Waals surface area contributed by atoms with Crippen LogP contribution < -0.4 is 5.32 Å². The topological polar surface area (TPSA) is 49.3 Å². The Labute approximate surface area is 98.6 Å². The minimum Gasteiger partial charge on any atom is -0.395 e. The molecule has 0 unspecified atom stereocenters. The van der Waals surface area contributed by atoms with Gasteiger partial charge in [0.2, 0.25) is 5.91 Å². The molecule has 0 bridgehead atoms. The molecule has 0 aromatic heterocycles. The Bertz CT molecular complexity index is 225. The minimum atomic E-state index is 0.0308. The third-order valence-corrected chi connectivity index (χ3v) is 3.73. The van der Waals surface area contributed by atoms with Crippen molar-refractivity contribution in [3.05, 3.63) is 0 Å². The predicted octanol–water partition coefficient (Wildman–Crippen LogP) is 1.95. The molecule has 0 heterocycles. The molecule has 0 radical (unpaired) electrons. The second-order valence-corrected chi connectivity index (χ2v) is 5.93. The molecule has 0 aromatic carbocycles. The molecule has 0 aliphatic heterocycles. The predicted molar refractivity (Wildman–Crippen MR) is 65.0 cm³/mol. The number of aliphatic hydroxyl groups excluding tert-OH is 1. The maximum Gasteiger partial charge on any atom is 0.223 e. The highest BCUT2D eigenvalue weighted by Crippen LogP contribution is 2.39. The van der Waals surface area contributed by atoms with Gasteiger partial charge in [-0.1, -0.05) is 20.8 Å². The molecule has 94 valence electrons. The number of aliphatic hydroxyl groups is 1. The molecule has 1 aliphatic rings. The summed E-state index contributed by atoms with van der Waals surface area (Å²) in [6.07, 6.45) is 4.31. The van der Waals surface area contributed by atoms with E-state index in [9.17, 15) is 4.79 Å². The average molecular weight is 227 g/mol. The van der Waals surface area contributed by atoms with Crippen molar-refractivity contribution in [2.24, 2.45) is 17.3 Å². The monoisotopic (exact) mass is 227 g/mol. The van der Waals surface area contributed by atoms with Gasteiger partial charge in [0, 0.05) is 12.5 Å². The van der Waals surface area contributed by atoms with E-state index in [1.807, 2.05) is 0 Å². The van der Waals surface area contributed by atoms with Gasteiger partial charge in [-0.25, -0.2) is 0 Å². The zero-order valence-electron chi connectivity index (χ0n) is 10.8. The second kappa shape index (κ2) is 5.67. The Kier molecular flexibility index (Phi) is 4.78. The van der Waals surface area contributed by atoms with Crippen LogP contribution in [0, 0.1) is 17.3 Å². The van der Waals surface area contributed by atoms with Crippen LogP contribution in [-0.2, 0) is 4.79 Å². The number of amides is 1. The summed E-state index contributed by atoms with van der Waals surface area (Å²) in [7, 11) is 0. The smallest absolute Gasteiger partial charge is 0.223 e. The van der Waals surface area contributed by atoms with E-state index in [1.54, 1.807) is 0 Å². The molecule has 2 N–H and O–H groups in total. The summed E-state index contributed by atoms with van der Waals surface area (Å²) in [5, 5.41) is 11.4. The first-order valence-corrected chi connectivity index (χ1v) is 6.33. The fourth-order valence-corrected chi connectivity index (χ4v) is 2.55. The number of rotatable bonds is 3. The highest BCUT2D eigenvalue weighted by atomic mass is 16.3. The average Bonchev–Trinajstić information content (AvgIpc) is 2.25. The van der Waals surface area contributed by atoms with Crippen molar-refractivity contribution in [3.8, 4) is 0 Å². The molecule has 0 atom stereocenters. The van der Waals surface area contributed by atoms with E-state index < -0.39 is 0 Å². The maximum absolute atomic E-state index is 11.7. The van der Waals surface area contributed by atoms with Crippen LogP contribution in [0.4, 0.5) is 0 Å². The summed E-state index contributed by atoms with van der Waals surface area (Å²) in [5.41, 5.74) is 0.368. The van der Waals surface area contributed by atoms with E-state index in [-0.39, 0.29) is 18.4 Å². The fourth-order valence-electron chi connectivity index (χ4n) is 2.55. The number of hydrogen-bond acceptors (Lipinski definition) is 2. The molecule has 0 saturated heterocycles. The number of carbonyl (C=O) groups excluding carboxylic acids is 1. The summed E-state index contributed by atoms with van der Waals surface area (Å²) in [5.74, 6) is 1.04. The van der Waals surface area contributed by atoms with Gasteiger partial charge in [0.15, 0.2) is 0 Å². The van der Waals surface area contributed by atoms with Gasteiger partial charge in [0.05, 0.1) is 6.61 Å². The van der Waals surface area contributed by atoms with Crippen LogP contribution in [0.3, 0.4) is 0 Å². The second-order valence-electron chi connectivity index (χ2n) is 5.93. The van der Waals surface area contributed by atoms with Crippen LogP contribution in [-0.4, -0.2) is 24.2 Å². The van der Waals surface area contributed by atoms with E-state index in [0.717, 1.165) is 31.6 Å². The molecule has 16 heavy (non-hydrogen) atoms. The molecule has 1 fully saturated rings. The number of hydrogen-bond donors (Lipinski definition) is 2. The first-order chi connectivity index (χ1) is 7.45. The van der Waals surface area contributed by atoms with Crippen molar-refractivity contribution in [2.45, 2.75) is 46.5 Å². The van der Waals surface area contributed by atoms with Gasteiger partial charge < -0.3 is 10.4 Å². The lowest BCUT2D eigenvalue weighted by molar-refractivity contribution is -0.126. The molecule has 1 rings (SSSR count). The Balaban J connectivity index is 2.34. The highest BCUT2D eigenvalue weighted by molar-refractivity contribution is 5.78. The van der Waals surface area contributed by atoms with Gasteiger partial charge in [0.25, 0.3) is 0 Å². The third kappa shape index (κ3) is 3.78. The molecule has 1 saturated carbocycles. The van der Waals surface area contributed by atoms with Crippen molar-refractivity contribution in [3.63, 3.8) is 0 Å². The van der Waals surface area contributed by atoms with Crippen molar-refractivity contribution < 1.29 is 9.90 Å². The van der Waals surface area contributed by atoms with Crippen LogP contribution in [0.2, 0.25) is 0 Å². The Morgan fingerprint density at radius 2 is 1.81 bits per heavy atom. The van der Waals surface area contributed by atoms with Gasteiger partial charge in [-0.15, -0.1) is 0 Å². The first kappa shape index (κ1) is 13.5. The van der Waals surface area contributed by atoms with Crippen molar-refractivity contribution in [1.82, 2.24) is 5.32 Å².